The number of hydrogen-bond donors (Lipinski definition) is 1. The maximum Gasteiger partial charge on any atom is 0.271 e. The molecular weight excluding hydrogens is 365 g/mol. The monoisotopic (exact) mass is 383 g/mol. The van der Waals surface area contributed by atoms with Gasteiger partial charge in [-0.15, -0.1) is 5.10 Å². The van der Waals surface area contributed by atoms with Crippen molar-refractivity contribution in [3.8, 4) is 17.3 Å². The molecule has 2 aromatic carbocycles. The van der Waals surface area contributed by atoms with Gasteiger partial charge in [0, 0.05) is 12.1 Å². The Hall–Kier alpha value is -3.68. The number of anilines is 1. The van der Waals surface area contributed by atoms with Crippen LogP contribution in [0.5, 0.6) is 11.6 Å². The van der Waals surface area contributed by atoms with Gasteiger partial charge >= 0.3 is 0 Å². The van der Waals surface area contributed by atoms with Crippen LogP contribution in [-0.2, 0) is 4.79 Å². The largest absolute Gasteiger partial charge is 0.495 e. The molecule has 0 aliphatic heterocycles. The predicted octanol–water partition coefficient (Wildman–Crippen LogP) is 2.79. The smallest absolute Gasteiger partial charge is 0.271 e. The molecule has 0 aliphatic carbocycles. The van der Waals surface area contributed by atoms with Crippen molar-refractivity contribution >= 4 is 11.6 Å². The van der Waals surface area contributed by atoms with E-state index in [0.29, 0.717) is 17.1 Å². The molecule has 8 heteroatoms. The zero-order valence-corrected chi connectivity index (χ0v) is 15.3. The summed E-state index contributed by atoms with van der Waals surface area (Å²) in [6.45, 7) is 1.56. The zero-order chi connectivity index (χ0) is 20.1. The lowest BCUT2D eigenvalue weighted by atomic mass is 10.2. The minimum Gasteiger partial charge on any atom is -0.495 e. The van der Waals surface area contributed by atoms with E-state index in [4.69, 9.17) is 9.47 Å². The Morgan fingerprint density at radius 1 is 1.11 bits per heavy atom. The minimum absolute atomic E-state index is 0.0756. The summed E-state index contributed by atoms with van der Waals surface area (Å²) in [6.07, 6.45) is -0.892. The van der Waals surface area contributed by atoms with Gasteiger partial charge in [-0.2, -0.15) is 4.68 Å². The molecule has 0 saturated carbocycles. The molecule has 7 nitrogen and oxygen atoms in total. The molecule has 1 atom stereocenters. The number of halogens is 1. The maximum atomic E-state index is 13.1. The van der Waals surface area contributed by atoms with Crippen LogP contribution in [0.15, 0.2) is 65.5 Å². The number of ether oxygens (including phenoxy) is 2. The topological polar surface area (TPSA) is 82.5 Å². The first-order valence-corrected chi connectivity index (χ1v) is 8.45. The van der Waals surface area contributed by atoms with E-state index in [1.54, 1.807) is 31.2 Å². The lowest BCUT2D eigenvalue weighted by molar-refractivity contribution is -0.122. The summed E-state index contributed by atoms with van der Waals surface area (Å²) in [5.41, 5.74) is 0.475. The highest BCUT2D eigenvalue weighted by Gasteiger charge is 2.18. The van der Waals surface area contributed by atoms with Crippen LogP contribution in [0.1, 0.15) is 6.92 Å². The molecule has 0 radical (unpaired) electrons. The number of methoxy groups -OCH3 is 1. The van der Waals surface area contributed by atoms with Crippen LogP contribution in [0, 0.1) is 5.82 Å². The molecule has 0 fully saturated rings. The average Bonchev–Trinajstić information content (AvgIpc) is 2.70. The molecule has 1 unspecified atom stereocenters. The van der Waals surface area contributed by atoms with Crippen molar-refractivity contribution in [1.82, 2.24) is 9.78 Å². The molecule has 144 valence electrons. The maximum absolute atomic E-state index is 13.1. The van der Waals surface area contributed by atoms with Gasteiger partial charge in [0.2, 0.25) is 5.88 Å². The Morgan fingerprint density at radius 3 is 2.54 bits per heavy atom. The summed E-state index contributed by atoms with van der Waals surface area (Å²) in [5, 5.41) is 6.81. The Bertz CT molecular complexity index is 1030. The highest BCUT2D eigenvalue weighted by molar-refractivity contribution is 5.95. The normalized spacial score (nSPS) is 11.5. The van der Waals surface area contributed by atoms with E-state index in [2.05, 4.69) is 10.4 Å². The van der Waals surface area contributed by atoms with Gasteiger partial charge in [-0.1, -0.05) is 12.1 Å². The molecule has 1 heterocycles. The quantitative estimate of drug-likeness (QED) is 0.708. The Morgan fingerprint density at radius 2 is 1.82 bits per heavy atom. The minimum atomic E-state index is -0.892. The first-order valence-electron chi connectivity index (χ1n) is 8.45. The van der Waals surface area contributed by atoms with Gasteiger partial charge in [-0.05, 0) is 43.3 Å². The van der Waals surface area contributed by atoms with Gasteiger partial charge in [-0.25, -0.2) is 4.39 Å². The van der Waals surface area contributed by atoms with E-state index in [1.807, 2.05) is 0 Å². The van der Waals surface area contributed by atoms with E-state index < -0.39 is 23.4 Å². The van der Waals surface area contributed by atoms with Crippen LogP contribution in [0.25, 0.3) is 5.69 Å². The predicted molar refractivity (Wildman–Crippen MR) is 102 cm³/mol. The van der Waals surface area contributed by atoms with Crippen molar-refractivity contribution in [3.05, 3.63) is 76.8 Å². The van der Waals surface area contributed by atoms with Crippen LogP contribution in [0.4, 0.5) is 10.1 Å². The number of carbonyl (C=O) groups is 1. The number of rotatable bonds is 6. The van der Waals surface area contributed by atoms with E-state index in [0.717, 1.165) is 4.68 Å². The lowest BCUT2D eigenvalue weighted by Gasteiger charge is -2.16. The molecule has 0 aliphatic rings. The fourth-order valence-electron chi connectivity index (χ4n) is 2.44. The highest BCUT2D eigenvalue weighted by atomic mass is 19.1. The number of hydrogen-bond acceptors (Lipinski definition) is 5. The summed E-state index contributed by atoms with van der Waals surface area (Å²) in [7, 11) is 1.51. The molecule has 0 saturated heterocycles. The third-order valence-corrected chi connectivity index (χ3v) is 3.88. The van der Waals surface area contributed by atoms with Gasteiger partial charge in [-0.3, -0.25) is 9.59 Å². The van der Waals surface area contributed by atoms with E-state index in [-0.39, 0.29) is 5.88 Å². The fourth-order valence-corrected chi connectivity index (χ4v) is 2.44. The summed E-state index contributed by atoms with van der Waals surface area (Å²) in [4.78, 5) is 24.5. The average molecular weight is 383 g/mol. The number of nitrogens with one attached hydrogen (secondary N) is 1. The molecule has 3 aromatic rings. The Kier molecular flexibility index (Phi) is 5.69. The first-order chi connectivity index (χ1) is 13.5. The second kappa shape index (κ2) is 8.34. The van der Waals surface area contributed by atoms with E-state index in [1.165, 1.54) is 43.5 Å². The second-order valence-electron chi connectivity index (χ2n) is 5.85. The fraction of sp³-hybridized carbons (Fsp3) is 0.150. The van der Waals surface area contributed by atoms with Gasteiger partial charge in [0.1, 0.15) is 11.6 Å². The van der Waals surface area contributed by atoms with Gasteiger partial charge in [0.15, 0.2) is 6.10 Å². The van der Waals surface area contributed by atoms with Crippen LogP contribution < -0.4 is 20.3 Å². The van der Waals surface area contributed by atoms with Crippen molar-refractivity contribution < 1.29 is 18.7 Å². The van der Waals surface area contributed by atoms with Gasteiger partial charge in [0.25, 0.3) is 11.5 Å². The van der Waals surface area contributed by atoms with Crippen LogP contribution in [0.2, 0.25) is 0 Å². The standard InChI is InChI=1S/C20H18FN3O4/c1-13(20(26)22-16-5-3-4-6-17(16)27-2)28-18-11-12-19(25)24(23-18)15-9-7-14(21)8-10-15/h3-13H,1-2H3,(H,22,26). The molecule has 1 aromatic heterocycles. The third kappa shape index (κ3) is 4.35. The van der Waals surface area contributed by atoms with E-state index >= 15 is 0 Å². The van der Waals surface area contributed by atoms with Crippen molar-refractivity contribution in [2.45, 2.75) is 13.0 Å². The lowest BCUT2D eigenvalue weighted by Crippen LogP contribution is -2.31. The number of benzene rings is 2. The van der Waals surface area contributed by atoms with Gasteiger partial charge < -0.3 is 14.8 Å². The van der Waals surface area contributed by atoms with Crippen LogP contribution >= 0.6 is 0 Å². The van der Waals surface area contributed by atoms with Crippen molar-refractivity contribution in [3.63, 3.8) is 0 Å². The summed E-state index contributed by atoms with van der Waals surface area (Å²) in [5.74, 6) is -0.241. The third-order valence-electron chi connectivity index (χ3n) is 3.88. The molecule has 1 amide bonds. The number of carbonyl (C=O) groups excluding carboxylic acids is 1. The van der Waals surface area contributed by atoms with Crippen molar-refractivity contribution in [1.29, 1.82) is 0 Å². The Labute approximate surface area is 160 Å². The van der Waals surface area contributed by atoms with Gasteiger partial charge in [0.05, 0.1) is 18.5 Å². The molecular formula is C20H18FN3O4. The number of para-hydroxylation sites is 2. The highest BCUT2D eigenvalue weighted by Crippen LogP contribution is 2.23. The molecule has 3 rings (SSSR count). The second-order valence-corrected chi connectivity index (χ2v) is 5.85. The number of amides is 1. The molecule has 28 heavy (non-hydrogen) atoms. The molecule has 0 spiro atoms. The number of nitrogens with zero attached hydrogens (tertiary/aromatic N) is 2. The SMILES string of the molecule is COc1ccccc1NC(=O)C(C)Oc1ccc(=O)n(-c2ccc(F)cc2)n1. The van der Waals surface area contributed by atoms with E-state index in [9.17, 15) is 14.0 Å². The number of aromatic nitrogens is 2. The molecule has 1 N–H and O–H groups in total. The van der Waals surface area contributed by atoms with Crippen LogP contribution in [0.3, 0.4) is 0 Å². The summed E-state index contributed by atoms with van der Waals surface area (Å²) in [6, 6.07) is 14.9. The summed E-state index contributed by atoms with van der Waals surface area (Å²) >= 11 is 0. The van der Waals surface area contributed by atoms with Crippen molar-refractivity contribution in [2.24, 2.45) is 0 Å². The molecule has 0 bridgehead atoms. The Balaban J connectivity index is 1.76. The summed E-state index contributed by atoms with van der Waals surface area (Å²) < 4.78 is 24.9. The van der Waals surface area contributed by atoms with Crippen LogP contribution in [-0.4, -0.2) is 28.9 Å². The zero-order valence-electron chi connectivity index (χ0n) is 15.3. The first kappa shape index (κ1) is 19.1. The van der Waals surface area contributed by atoms with Crippen molar-refractivity contribution in [2.75, 3.05) is 12.4 Å².